The number of amides is 1. The lowest BCUT2D eigenvalue weighted by molar-refractivity contribution is 0.0734. The van der Waals surface area contributed by atoms with Gasteiger partial charge in [-0.1, -0.05) is 69.5 Å². The second kappa shape index (κ2) is 12.0. The van der Waals surface area contributed by atoms with Crippen molar-refractivity contribution >= 4 is 68.1 Å². The second-order valence-corrected chi connectivity index (χ2v) is 10.3. The van der Waals surface area contributed by atoms with Crippen molar-refractivity contribution in [3.63, 3.8) is 0 Å². The average molecular weight is 637 g/mol. The van der Waals surface area contributed by atoms with Gasteiger partial charge in [0.05, 0.1) is 23.9 Å². The fourth-order valence-electron chi connectivity index (χ4n) is 4.11. The molecule has 0 unspecified atom stereocenters. The molecule has 0 radical (unpaired) electrons. The minimum Gasteiger partial charge on any atom is -0.497 e. The van der Waals surface area contributed by atoms with E-state index >= 15 is 0 Å². The number of nitrogens with one attached hydrogen (secondary N) is 2. The maximum Gasteiger partial charge on any atom is 0.345 e. The van der Waals surface area contributed by atoms with Crippen LogP contribution in [0.4, 0.5) is 0 Å². The van der Waals surface area contributed by atoms with E-state index in [-0.39, 0.29) is 16.3 Å². The van der Waals surface area contributed by atoms with E-state index in [1.54, 1.807) is 31.4 Å². The maximum absolute atomic E-state index is 13.3. The zero-order valence-corrected chi connectivity index (χ0v) is 24.0. The number of benzene rings is 4. The summed E-state index contributed by atoms with van der Waals surface area (Å²) in [5.74, 6) is -0.222. The highest BCUT2D eigenvalue weighted by Gasteiger charge is 2.20. The predicted molar refractivity (Wildman–Crippen MR) is 161 cm³/mol. The monoisotopic (exact) mass is 635 g/mol. The molecule has 1 amide bonds. The van der Waals surface area contributed by atoms with Gasteiger partial charge >= 0.3 is 5.97 Å². The number of hydrogen-bond donors (Lipinski definition) is 2. The molecule has 0 atom stereocenters. The van der Waals surface area contributed by atoms with Gasteiger partial charge in [0.1, 0.15) is 17.2 Å². The van der Waals surface area contributed by atoms with Gasteiger partial charge in [-0.3, -0.25) is 4.79 Å². The Balaban J connectivity index is 1.42. The lowest BCUT2D eigenvalue weighted by Crippen LogP contribution is -2.19. The van der Waals surface area contributed by atoms with Crippen LogP contribution in [0.1, 0.15) is 26.4 Å². The van der Waals surface area contributed by atoms with Crippen molar-refractivity contribution in [1.29, 1.82) is 0 Å². The van der Waals surface area contributed by atoms with E-state index in [1.807, 2.05) is 48.5 Å². The van der Waals surface area contributed by atoms with Crippen LogP contribution in [0.15, 0.2) is 94.5 Å². The summed E-state index contributed by atoms with van der Waals surface area (Å²) >= 11 is 15.5. The van der Waals surface area contributed by atoms with Crippen LogP contribution in [-0.4, -0.2) is 30.2 Å². The van der Waals surface area contributed by atoms with E-state index in [1.165, 1.54) is 18.3 Å². The number of rotatable bonds is 7. The molecule has 1 aromatic heterocycles. The lowest BCUT2D eigenvalue weighted by Gasteiger charge is -2.09. The van der Waals surface area contributed by atoms with Crippen molar-refractivity contribution in [3.8, 4) is 22.6 Å². The molecule has 0 fully saturated rings. The molecule has 5 rings (SSSR count). The van der Waals surface area contributed by atoms with E-state index in [4.69, 9.17) is 32.7 Å². The van der Waals surface area contributed by atoms with Crippen LogP contribution in [-0.2, 0) is 0 Å². The van der Waals surface area contributed by atoms with E-state index in [2.05, 4.69) is 31.4 Å². The zero-order chi connectivity index (χ0) is 28.2. The molecule has 0 aliphatic heterocycles. The summed E-state index contributed by atoms with van der Waals surface area (Å²) in [6, 6.07) is 24.6. The number of halogens is 3. The standard InChI is InChI=1S/C30H20BrCl2N3O4/c1-39-21-9-11-25-23(15-21)27(17-5-3-2-4-6-17)28(35-25)29(37)36-34-16-18-13-19(31)7-12-26(18)40-30(38)22-10-8-20(32)14-24(22)33/h2-16,35H,1H3,(H,36,37). The van der Waals surface area contributed by atoms with E-state index in [0.717, 1.165) is 26.5 Å². The molecule has 10 heteroatoms. The first kappa shape index (κ1) is 27.5. The highest BCUT2D eigenvalue weighted by Crippen LogP contribution is 2.34. The first-order valence-corrected chi connectivity index (χ1v) is 13.4. The Morgan fingerprint density at radius 3 is 2.52 bits per heavy atom. The number of nitrogens with zero attached hydrogens (tertiary/aromatic N) is 1. The molecule has 4 aromatic carbocycles. The number of aromatic nitrogens is 1. The van der Waals surface area contributed by atoms with Gasteiger partial charge in [0, 0.05) is 31.5 Å². The van der Waals surface area contributed by atoms with Crippen LogP contribution >= 0.6 is 39.1 Å². The summed E-state index contributed by atoms with van der Waals surface area (Å²) in [5, 5.41) is 5.55. The number of hydrogen-bond acceptors (Lipinski definition) is 5. The van der Waals surface area contributed by atoms with Crippen molar-refractivity contribution in [2.75, 3.05) is 7.11 Å². The molecule has 1 heterocycles. The first-order valence-electron chi connectivity index (χ1n) is 11.9. The van der Waals surface area contributed by atoms with Gasteiger partial charge in [0.2, 0.25) is 0 Å². The molecule has 0 saturated heterocycles. The first-order chi connectivity index (χ1) is 19.3. The smallest absolute Gasteiger partial charge is 0.345 e. The molecule has 0 aliphatic carbocycles. The van der Waals surface area contributed by atoms with E-state index in [0.29, 0.717) is 22.0 Å². The molecule has 7 nitrogen and oxygen atoms in total. The molecule has 0 spiro atoms. The zero-order valence-electron chi connectivity index (χ0n) is 20.9. The molecular weight excluding hydrogens is 617 g/mol. The van der Waals surface area contributed by atoms with Crippen molar-refractivity contribution in [1.82, 2.24) is 10.4 Å². The molecule has 200 valence electrons. The number of fused-ring (bicyclic) bond motifs is 1. The minimum atomic E-state index is -0.663. The highest BCUT2D eigenvalue weighted by molar-refractivity contribution is 9.10. The fourth-order valence-corrected chi connectivity index (χ4v) is 4.98. The molecule has 0 bridgehead atoms. The van der Waals surface area contributed by atoms with Crippen molar-refractivity contribution < 1.29 is 19.1 Å². The molecule has 2 N–H and O–H groups in total. The fraction of sp³-hybridized carbons (Fsp3) is 0.0333. The van der Waals surface area contributed by atoms with Crippen molar-refractivity contribution in [3.05, 3.63) is 116 Å². The molecule has 40 heavy (non-hydrogen) atoms. The van der Waals surface area contributed by atoms with Gasteiger partial charge in [0.25, 0.3) is 5.91 Å². The summed E-state index contributed by atoms with van der Waals surface area (Å²) in [4.78, 5) is 29.3. The maximum atomic E-state index is 13.3. The van der Waals surface area contributed by atoms with Gasteiger partial charge in [-0.15, -0.1) is 0 Å². The third-order valence-electron chi connectivity index (χ3n) is 5.99. The summed E-state index contributed by atoms with van der Waals surface area (Å²) in [7, 11) is 1.59. The number of hydrazone groups is 1. The van der Waals surface area contributed by atoms with E-state index < -0.39 is 11.9 Å². The van der Waals surface area contributed by atoms with Gasteiger partial charge in [-0.05, 0) is 60.2 Å². The van der Waals surface area contributed by atoms with Gasteiger partial charge in [0.15, 0.2) is 0 Å². The normalized spacial score (nSPS) is 11.1. The highest BCUT2D eigenvalue weighted by atomic mass is 79.9. The topological polar surface area (TPSA) is 92.8 Å². The van der Waals surface area contributed by atoms with Crippen molar-refractivity contribution in [2.24, 2.45) is 5.10 Å². The predicted octanol–water partition coefficient (Wildman–Crippen LogP) is 7.90. The number of carbonyl (C=O) groups is 2. The third kappa shape index (κ3) is 5.89. The lowest BCUT2D eigenvalue weighted by atomic mass is 10.0. The molecule has 5 aromatic rings. The van der Waals surface area contributed by atoms with Crippen LogP contribution in [0.3, 0.4) is 0 Å². The number of ether oxygens (including phenoxy) is 2. The summed E-state index contributed by atoms with van der Waals surface area (Å²) in [5.41, 5.74) is 5.87. The number of aromatic amines is 1. The number of methoxy groups -OCH3 is 1. The third-order valence-corrected chi connectivity index (χ3v) is 7.03. The molecule has 0 saturated carbocycles. The Labute approximate surface area is 247 Å². The minimum absolute atomic E-state index is 0.161. The van der Waals surface area contributed by atoms with Crippen LogP contribution in [0.5, 0.6) is 11.5 Å². The summed E-state index contributed by atoms with van der Waals surface area (Å²) in [6.07, 6.45) is 1.39. The Morgan fingerprint density at radius 2 is 1.77 bits per heavy atom. The second-order valence-electron chi connectivity index (χ2n) is 8.55. The largest absolute Gasteiger partial charge is 0.497 e. The van der Waals surface area contributed by atoms with Crippen LogP contribution in [0, 0.1) is 0 Å². The Hall–Kier alpha value is -4.11. The summed E-state index contributed by atoms with van der Waals surface area (Å²) in [6.45, 7) is 0. The Bertz CT molecular complexity index is 1770. The van der Waals surface area contributed by atoms with Gasteiger partial charge < -0.3 is 14.5 Å². The average Bonchev–Trinajstić information content (AvgIpc) is 3.33. The Kier molecular flexibility index (Phi) is 8.21. The number of carbonyl (C=O) groups excluding carboxylic acids is 2. The van der Waals surface area contributed by atoms with Gasteiger partial charge in [-0.2, -0.15) is 5.10 Å². The van der Waals surface area contributed by atoms with Crippen LogP contribution < -0.4 is 14.9 Å². The van der Waals surface area contributed by atoms with Crippen molar-refractivity contribution in [2.45, 2.75) is 0 Å². The van der Waals surface area contributed by atoms with Crippen LogP contribution in [0.25, 0.3) is 22.0 Å². The quantitative estimate of drug-likeness (QED) is 0.0822. The Morgan fingerprint density at radius 1 is 0.975 bits per heavy atom. The SMILES string of the molecule is COc1ccc2[nH]c(C(=O)NN=Cc3cc(Br)ccc3OC(=O)c3ccc(Cl)cc3Cl)c(-c3ccccc3)c2c1. The van der Waals surface area contributed by atoms with Gasteiger partial charge in [-0.25, -0.2) is 10.2 Å². The molecule has 0 aliphatic rings. The number of H-pyrrole nitrogens is 1. The number of esters is 1. The van der Waals surface area contributed by atoms with E-state index in [9.17, 15) is 9.59 Å². The molecular formula is C30H20BrCl2N3O4. The van der Waals surface area contributed by atoms with Crippen LogP contribution in [0.2, 0.25) is 10.0 Å². The summed E-state index contributed by atoms with van der Waals surface area (Å²) < 4.78 is 11.7.